The lowest BCUT2D eigenvalue weighted by atomic mass is 10.1. The lowest BCUT2D eigenvalue weighted by Gasteiger charge is -2.15. The van der Waals surface area contributed by atoms with E-state index in [2.05, 4.69) is 21.2 Å². The van der Waals surface area contributed by atoms with E-state index >= 15 is 0 Å². The Labute approximate surface area is 142 Å². The number of hydrogen-bond donors (Lipinski definition) is 1. The highest BCUT2D eigenvalue weighted by Gasteiger charge is 2.17. The van der Waals surface area contributed by atoms with E-state index in [1.54, 1.807) is 12.1 Å². The standard InChI is InChI=1S/C17H16BrNO4/c1-11(12-2-7-15-16(8-12)23-10-22-15)19-17(20)9-21-14-5-3-13(18)4-6-14/h2-8,11H,9-10H2,1H3,(H,19,20). The van der Waals surface area contributed by atoms with Crippen LogP contribution < -0.4 is 19.5 Å². The van der Waals surface area contributed by atoms with Crippen molar-refractivity contribution in [3.63, 3.8) is 0 Å². The quantitative estimate of drug-likeness (QED) is 0.866. The van der Waals surface area contributed by atoms with Gasteiger partial charge in [0.15, 0.2) is 18.1 Å². The highest BCUT2D eigenvalue weighted by Crippen LogP contribution is 2.34. The van der Waals surface area contributed by atoms with Gasteiger partial charge < -0.3 is 19.5 Å². The van der Waals surface area contributed by atoms with Gasteiger partial charge in [-0.15, -0.1) is 0 Å². The van der Waals surface area contributed by atoms with Crippen molar-refractivity contribution in [2.45, 2.75) is 13.0 Å². The number of halogens is 1. The second-order valence-corrected chi connectivity index (χ2v) is 6.06. The average molecular weight is 378 g/mol. The van der Waals surface area contributed by atoms with Crippen LogP contribution in [0.5, 0.6) is 17.2 Å². The zero-order chi connectivity index (χ0) is 16.2. The third-order valence-electron chi connectivity index (χ3n) is 3.46. The lowest BCUT2D eigenvalue weighted by Crippen LogP contribution is -2.31. The molecular weight excluding hydrogens is 362 g/mol. The molecule has 2 aromatic carbocycles. The molecule has 1 amide bonds. The van der Waals surface area contributed by atoms with Gasteiger partial charge >= 0.3 is 0 Å². The number of nitrogens with one attached hydrogen (secondary N) is 1. The highest BCUT2D eigenvalue weighted by molar-refractivity contribution is 9.10. The van der Waals surface area contributed by atoms with Crippen LogP contribution in [0.4, 0.5) is 0 Å². The van der Waals surface area contributed by atoms with E-state index in [-0.39, 0.29) is 25.3 Å². The topological polar surface area (TPSA) is 56.8 Å². The van der Waals surface area contributed by atoms with E-state index in [9.17, 15) is 4.79 Å². The number of fused-ring (bicyclic) bond motifs is 1. The molecule has 0 bridgehead atoms. The molecule has 3 rings (SSSR count). The molecule has 0 saturated heterocycles. The summed E-state index contributed by atoms with van der Waals surface area (Å²) in [4.78, 5) is 12.0. The average Bonchev–Trinajstić information content (AvgIpc) is 3.02. The maximum absolute atomic E-state index is 12.0. The summed E-state index contributed by atoms with van der Waals surface area (Å²) in [5.74, 6) is 1.90. The summed E-state index contributed by atoms with van der Waals surface area (Å²) in [5.41, 5.74) is 0.950. The number of carbonyl (C=O) groups excluding carboxylic acids is 1. The molecule has 5 nitrogen and oxygen atoms in total. The van der Waals surface area contributed by atoms with Gasteiger partial charge in [-0.1, -0.05) is 22.0 Å². The zero-order valence-corrected chi connectivity index (χ0v) is 14.1. The molecule has 0 radical (unpaired) electrons. The van der Waals surface area contributed by atoms with Crippen LogP contribution >= 0.6 is 15.9 Å². The molecule has 0 fully saturated rings. The van der Waals surface area contributed by atoms with Crippen LogP contribution in [0.1, 0.15) is 18.5 Å². The highest BCUT2D eigenvalue weighted by atomic mass is 79.9. The SMILES string of the molecule is CC(NC(=O)COc1ccc(Br)cc1)c1ccc2c(c1)OCO2. The van der Waals surface area contributed by atoms with Crippen molar-refractivity contribution in [3.05, 3.63) is 52.5 Å². The van der Waals surface area contributed by atoms with Gasteiger partial charge in [-0.2, -0.15) is 0 Å². The second-order valence-electron chi connectivity index (χ2n) is 5.14. The van der Waals surface area contributed by atoms with Gasteiger partial charge in [0.05, 0.1) is 6.04 Å². The maximum Gasteiger partial charge on any atom is 0.258 e. The van der Waals surface area contributed by atoms with Crippen LogP contribution in [0.15, 0.2) is 46.9 Å². The van der Waals surface area contributed by atoms with Gasteiger partial charge in [0.1, 0.15) is 5.75 Å². The van der Waals surface area contributed by atoms with E-state index in [1.807, 2.05) is 37.3 Å². The van der Waals surface area contributed by atoms with Gasteiger partial charge in [-0.25, -0.2) is 0 Å². The Morgan fingerprint density at radius 3 is 2.74 bits per heavy atom. The summed E-state index contributed by atoms with van der Waals surface area (Å²) in [6, 6.07) is 12.8. The number of amides is 1. The lowest BCUT2D eigenvalue weighted by molar-refractivity contribution is -0.123. The van der Waals surface area contributed by atoms with Gasteiger partial charge in [0.2, 0.25) is 6.79 Å². The molecule has 0 spiro atoms. The summed E-state index contributed by atoms with van der Waals surface area (Å²) in [7, 11) is 0. The maximum atomic E-state index is 12.0. The van der Waals surface area contributed by atoms with E-state index in [1.165, 1.54) is 0 Å². The number of carbonyl (C=O) groups is 1. The molecule has 0 aliphatic carbocycles. The first kappa shape index (κ1) is 15.7. The van der Waals surface area contributed by atoms with Crippen LogP contribution in [0.25, 0.3) is 0 Å². The normalized spacial score (nSPS) is 13.5. The second kappa shape index (κ2) is 6.91. The van der Waals surface area contributed by atoms with E-state index in [0.717, 1.165) is 15.8 Å². The molecular formula is C17H16BrNO4. The van der Waals surface area contributed by atoms with Crippen molar-refractivity contribution >= 4 is 21.8 Å². The number of ether oxygens (including phenoxy) is 3. The molecule has 1 heterocycles. The first-order chi connectivity index (χ1) is 11.1. The molecule has 2 aromatic rings. The summed E-state index contributed by atoms with van der Waals surface area (Å²) >= 11 is 3.35. The molecule has 23 heavy (non-hydrogen) atoms. The zero-order valence-electron chi connectivity index (χ0n) is 12.5. The smallest absolute Gasteiger partial charge is 0.258 e. The molecule has 6 heteroatoms. The predicted octanol–water partition coefficient (Wildman–Crippen LogP) is 3.43. The van der Waals surface area contributed by atoms with E-state index < -0.39 is 0 Å². The fourth-order valence-electron chi connectivity index (χ4n) is 2.23. The molecule has 1 aliphatic heterocycles. The van der Waals surface area contributed by atoms with E-state index in [4.69, 9.17) is 14.2 Å². The largest absolute Gasteiger partial charge is 0.484 e. The number of hydrogen-bond acceptors (Lipinski definition) is 4. The summed E-state index contributed by atoms with van der Waals surface area (Å²) < 4.78 is 17.0. The fraction of sp³-hybridized carbons (Fsp3) is 0.235. The number of benzene rings is 2. The van der Waals surface area contributed by atoms with Crippen molar-refractivity contribution in [1.29, 1.82) is 0 Å². The Balaban J connectivity index is 1.54. The van der Waals surface area contributed by atoms with Crippen molar-refractivity contribution in [3.8, 4) is 17.2 Å². The van der Waals surface area contributed by atoms with Crippen molar-refractivity contribution in [1.82, 2.24) is 5.32 Å². The Bertz CT molecular complexity index is 702. The Morgan fingerprint density at radius 2 is 1.96 bits per heavy atom. The van der Waals surface area contributed by atoms with Crippen LogP contribution in [0, 0.1) is 0 Å². The van der Waals surface area contributed by atoms with Crippen LogP contribution in [-0.4, -0.2) is 19.3 Å². The summed E-state index contributed by atoms with van der Waals surface area (Å²) in [5, 5.41) is 2.90. The van der Waals surface area contributed by atoms with Crippen molar-refractivity contribution < 1.29 is 19.0 Å². The molecule has 120 valence electrons. The third-order valence-corrected chi connectivity index (χ3v) is 3.99. The number of rotatable bonds is 5. The Morgan fingerprint density at radius 1 is 1.22 bits per heavy atom. The Kier molecular flexibility index (Phi) is 4.71. The van der Waals surface area contributed by atoms with Crippen molar-refractivity contribution in [2.75, 3.05) is 13.4 Å². The monoisotopic (exact) mass is 377 g/mol. The molecule has 1 N–H and O–H groups in total. The van der Waals surface area contributed by atoms with Gasteiger partial charge in [-0.05, 0) is 48.9 Å². The minimum Gasteiger partial charge on any atom is -0.484 e. The minimum absolute atomic E-state index is 0.0312. The van der Waals surface area contributed by atoms with Crippen LogP contribution in [0.3, 0.4) is 0 Å². The molecule has 0 saturated carbocycles. The van der Waals surface area contributed by atoms with Gasteiger partial charge in [0.25, 0.3) is 5.91 Å². The predicted molar refractivity (Wildman–Crippen MR) is 88.8 cm³/mol. The summed E-state index contributed by atoms with van der Waals surface area (Å²) in [6.45, 7) is 2.12. The molecule has 1 aliphatic rings. The van der Waals surface area contributed by atoms with Gasteiger partial charge in [-0.3, -0.25) is 4.79 Å². The molecule has 1 unspecified atom stereocenters. The van der Waals surface area contributed by atoms with Crippen molar-refractivity contribution in [2.24, 2.45) is 0 Å². The Hall–Kier alpha value is -2.21. The molecule has 1 atom stereocenters. The first-order valence-corrected chi connectivity index (χ1v) is 7.98. The first-order valence-electron chi connectivity index (χ1n) is 7.19. The van der Waals surface area contributed by atoms with Crippen LogP contribution in [-0.2, 0) is 4.79 Å². The third kappa shape index (κ3) is 3.96. The van der Waals surface area contributed by atoms with E-state index in [0.29, 0.717) is 11.5 Å². The molecule has 0 aromatic heterocycles. The van der Waals surface area contributed by atoms with Gasteiger partial charge in [0, 0.05) is 4.47 Å². The summed E-state index contributed by atoms with van der Waals surface area (Å²) in [6.07, 6.45) is 0. The van der Waals surface area contributed by atoms with Crippen LogP contribution in [0.2, 0.25) is 0 Å². The minimum atomic E-state index is -0.182. The fourth-order valence-corrected chi connectivity index (χ4v) is 2.49.